The van der Waals surface area contributed by atoms with Crippen molar-refractivity contribution in [3.8, 4) is 0 Å². The minimum absolute atomic E-state index is 0.244. The molecule has 1 aliphatic rings. The maximum absolute atomic E-state index is 14.0. The summed E-state index contributed by atoms with van der Waals surface area (Å²) in [6, 6.07) is 9.10. The summed E-state index contributed by atoms with van der Waals surface area (Å²) in [6.45, 7) is 5.98. The largest absolute Gasteiger partial charge is 0.335 e. The van der Waals surface area contributed by atoms with E-state index in [1.807, 2.05) is 31.3 Å². The van der Waals surface area contributed by atoms with Crippen molar-refractivity contribution in [2.45, 2.75) is 32.9 Å². The Morgan fingerprint density at radius 3 is 3.00 bits per heavy atom. The number of aromatic nitrogens is 3. The molecule has 0 bridgehead atoms. The molecule has 25 heavy (non-hydrogen) atoms. The van der Waals surface area contributed by atoms with E-state index in [4.69, 9.17) is 0 Å². The minimum Gasteiger partial charge on any atom is -0.335 e. The second kappa shape index (κ2) is 6.92. The third-order valence-corrected chi connectivity index (χ3v) is 5.10. The van der Waals surface area contributed by atoms with Gasteiger partial charge in [-0.2, -0.15) is 0 Å². The predicted molar refractivity (Wildman–Crippen MR) is 96.7 cm³/mol. The van der Waals surface area contributed by atoms with Crippen molar-refractivity contribution >= 4 is 10.9 Å². The Balaban J connectivity index is 1.45. The fourth-order valence-corrected chi connectivity index (χ4v) is 3.79. The van der Waals surface area contributed by atoms with E-state index in [9.17, 15) is 4.39 Å². The highest BCUT2D eigenvalue weighted by molar-refractivity contribution is 5.79. The summed E-state index contributed by atoms with van der Waals surface area (Å²) in [6.07, 6.45) is 6.36. The number of nitrogens with zero attached hydrogens (tertiary/aromatic N) is 4. The molecule has 0 N–H and O–H groups in total. The van der Waals surface area contributed by atoms with Crippen LogP contribution in [0.2, 0.25) is 0 Å². The first-order valence-corrected chi connectivity index (χ1v) is 8.93. The average Bonchev–Trinajstić information content (AvgIpc) is 3.01. The van der Waals surface area contributed by atoms with E-state index < -0.39 is 0 Å². The van der Waals surface area contributed by atoms with Crippen LogP contribution in [0, 0.1) is 18.7 Å². The zero-order valence-corrected chi connectivity index (χ0v) is 14.5. The van der Waals surface area contributed by atoms with Gasteiger partial charge in [-0.25, -0.2) is 14.4 Å². The van der Waals surface area contributed by atoms with Crippen LogP contribution in [0.3, 0.4) is 0 Å². The molecule has 130 valence electrons. The van der Waals surface area contributed by atoms with Crippen molar-refractivity contribution in [3.63, 3.8) is 0 Å². The van der Waals surface area contributed by atoms with Gasteiger partial charge in [-0.05, 0) is 44.4 Å². The number of pyridine rings is 1. The lowest BCUT2D eigenvalue weighted by Gasteiger charge is -2.32. The van der Waals surface area contributed by atoms with Crippen LogP contribution in [0.1, 0.15) is 24.4 Å². The predicted octanol–water partition coefficient (Wildman–Crippen LogP) is 3.79. The van der Waals surface area contributed by atoms with Gasteiger partial charge >= 0.3 is 0 Å². The minimum atomic E-state index is -0.244. The standard InChI is InChI=1S/C20H23FN4/c1-15-22-9-11-25(15)13-16-4-3-10-24(12-16)14-18-8-7-17-5-2-6-19(21)20(17)23-18/h2,5-9,11,16H,3-4,10,12-14H2,1H3/t16-/m0/s1. The van der Waals surface area contributed by atoms with E-state index in [0.29, 0.717) is 11.4 Å². The van der Waals surface area contributed by atoms with Crippen LogP contribution in [0.4, 0.5) is 4.39 Å². The molecule has 0 saturated carbocycles. The van der Waals surface area contributed by atoms with Gasteiger partial charge in [0, 0.05) is 37.4 Å². The molecule has 0 aliphatic carbocycles. The number of hydrogen-bond donors (Lipinski definition) is 0. The quantitative estimate of drug-likeness (QED) is 0.726. The van der Waals surface area contributed by atoms with Gasteiger partial charge in [-0.15, -0.1) is 0 Å². The smallest absolute Gasteiger partial charge is 0.149 e. The molecule has 5 heteroatoms. The van der Waals surface area contributed by atoms with Gasteiger partial charge < -0.3 is 4.57 Å². The molecule has 2 aromatic heterocycles. The molecular formula is C20H23FN4. The highest BCUT2D eigenvalue weighted by Crippen LogP contribution is 2.22. The molecule has 1 saturated heterocycles. The molecule has 3 aromatic rings. The number of fused-ring (bicyclic) bond motifs is 1. The maximum atomic E-state index is 14.0. The Hall–Kier alpha value is -2.27. The van der Waals surface area contributed by atoms with Gasteiger partial charge in [0.2, 0.25) is 0 Å². The second-order valence-electron chi connectivity index (χ2n) is 6.98. The van der Waals surface area contributed by atoms with Gasteiger partial charge in [-0.1, -0.05) is 18.2 Å². The highest BCUT2D eigenvalue weighted by Gasteiger charge is 2.21. The lowest BCUT2D eigenvalue weighted by Crippen LogP contribution is -2.36. The maximum Gasteiger partial charge on any atom is 0.149 e. The molecule has 1 atom stereocenters. The molecule has 1 aromatic carbocycles. The van der Waals surface area contributed by atoms with Gasteiger partial charge in [0.25, 0.3) is 0 Å². The fraction of sp³-hybridized carbons (Fsp3) is 0.400. The molecule has 1 fully saturated rings. The van der Waals surface area contributed by atoms with E-state index in [-0.39, 0.29) is 5.82 Å². The summed E-state index contributed by atoms with van der Waals surface area (Å²) < 4.78 is 16.2. The summed E-state index contributed by atoms with van der Waals surface area (Å²) in [5, 5.41) is 0.857. The van der Waals surface area contributed by atoms with Crippen molar-refractivity contribution in [2.75, 3.05) is 13.1 Å². The van der Waals surface area contributed by atoms with E-state index in [1.54, 1.807) is 6.07 Å². The lowest BCUT2D eigenvalue weighted by atomic mass is 9.97. The Kier molecular flexibility index (Phi) is 4.49. The zero-order valence-electron chi connectivity index (χ0n) is 14.5. The molecule has 4 nitrogen and oxygen atoms in total. The first kappa shape index (κ1) is 16.2. The number of para-hydroxylation sites is 1. The number of piperidine rings is 1. The van der Waals surface area contributed by atoms with Crippen LogP contribution >= 0.6 is 0 Å². The number of halogens is 1. The summed E-state index contributed by atoms with van der Waals surface area (Å²) in [4.78, 5) is 11.3. The molecule has 0 amide bonds. The van der Waals surface area contributed by atoms with E-state index in [0.717, 1.165) is 43.1 Å². The number of likely N-dealkylation sites (tertiary alicyclic amines) is 1. The van der Waals surface area contributed by atoms with Crippen molar-refractivity contribution < 1.29 is 4.39 Å². The van der Waals surface area contributed by atoms with Gasteiger partial charge in [0.05, 0.1) is 5.69 Å². The van der Waals surface area contributed by atoms with Crippen molar-refractivity contribution in [1.82, 2.24) is 19.4 Å². The van der Waals surface area contributed by atoms with Crippen LogP contribution in [-0.2, 0) is 13.1 Å². The van der Waals surface area contributed by atoms with Crippen LogP contribution in [0.5, 0.6) is 0 Å². The molecule has 1 aliphatic heterocycles. The zero-order chi connectivity index (χ0) is 17.2. The van der Waals surface area contributed by atoms with Crippen LogP contribution in [0.15, 0.2) is 42.7 Å². The van der Waals surface area contributed by atoms with Crippen molar-refractivity contribution in [1.29, 1.82) is 0 Å². The fourth-order valence-electron chi connectivity index (χ4n) is 3.79. The third-order valence-electron chi connectivity index (χ3n) is 5.10. The Labute approximate surface area is 147 Å². The number of benzene rings is 1. The molecular weight excluding hydrogens is 315 g/mol. The summed E-state index contributed by atoms with van der Waals surface area (Å²) in [7, 11) is 0. The molecule has 0 unspecified atom stereocenters. The van der Waals surface area contributed by atoms with E-state index in [1.165, 1.54) is 18.9 Å². The third kappa shape index (κ3) is 3.56. The molecule has 4 rings (SSSR count). The Morgan fingerprint density at radius 1 is 1.24 bits per heavy atom. The monoisotopic (exact) mass is 338 g/mol. The molecule has 3 heterocycles. The Morgan fingerprint density at radius 2 is 2.16 bits per heavy atom. The summed E-state index contributed by atoms with van der Waals surface area (Å²) in [5.41, 5.74) is 1.42. The number of aryl methyl sites for hydroxylation is 1. The van der Waals surface area contributed by atoms with Gasteiger partial charge in [0.15, 0.2) is 0 Å². The molecule has 0 radical (unpaired) electrons. The van der Waals surface area contributed by atoms with Crippen LogP contribution in [0.25, 0.3) is 10.9 Å². The summed E-state index contributed by atoms with van der Waals surface area (Å²) in [5.74, 6) is 1.45. The number of imidazole rings is 1. The normalized spacial score (nSPS) is 18.7. The first-order chi connectivity index (χ1) is 12.2. The van der Waals surface area contributed by atoms with Gasteiger partial charge in [0.1, 0.15) is 17.2 Å². The topological polar surface area (TPSA) is 34.0 Å². The second-order valence-corrected chi connectivity index (χ2v) is 6.98. The van der Waals surface area contributed by atoms with Crippen LogP contribution < -0.4 is 0 Å². The van der Waals surface area contributed by atoms with E-state index >= 15 is 0 Å². The first-order valence-electron chi connectivity index (χ1n) is 8.93. The summed E-state index contributed by atoms with van der Waals surface area (Å²) >= 11 is 0. The van der Waals surface area contributed by atoms with E-state index in [2.05, 4.69) is 25.6 Å². The lowest BCUT2D eigenvalue weighted by molar-refractivity contribution is 0.154. The Bertz CT molecular complexity index is 873. The average molecular weight is 338 g/mol. The van der Waals surface area contributed by atoms with Crippen LogP contribution in [-0.4, -0.2) is 32.5 Å². The number of rotatable bonds is 4. The SMILES string of the molecule is Cc1nccn1C[C@H]1CCCN(Cc2ccc3cccc(F)c3n2)C1. The van der Waals surface area contributed by atoms with Crippen molar-refractivity contribution in [3.05, 3.63) is 60.1 Å². The number of hydrogen-bond acceptors (Lipinski definition) is 3. The molecule has 0 spiro atoms. The van der Waals surface area contributed by atoms with Crippen molar-refractivity contribution in [2.24, 2.45) is 5.92 Å². The van der Waals surface area contributed by atoms with Gasteiger partial charge in [-0.3, -0.25) is 4.90 Å². The highest BCUT2D eigenvalue weighted by atomic mass is 19.1.